The lowest BCUT2D eigenvalue weighted by Crippen LogP contribution is -2.04. The second-order valence-electron chi connectivity index (χ2n) is 5.95. The fourth-order valence-corrected chi connectivity index (χ4v) is 3.41. The molecule has 3 rings (SSSR count). The van der Waals surface area contributed by atoms with Gasteiger partial charge >= 0.3 is 0 Å². The van der Waals surface area contributed by atoms with Crippen LogP contribution in [-0.4, -0.2) is 31.2 Å². The van der Waals surface area contributed by atoms with E-state index < -0.39 is 9.84 Å². The molecule has 0 amide bonds. The summed E-state index contributed by atoms with van der Waals surface area (Å²) in [6.45, 7) is 0.641. The molecule has 0 saturated heterocycles. The van der Waals surface area contributed by atoms with Crippen LogP contribution in [-0.2, 0) is 15.6 Å². The molecule has 1 heterocycles. The Morgan fingerprint density at radius 1 is 1.04 bits per heavy atom. The van der Waals surface area contributed by atoms with Crippen LogP contribution in [0.25, 0.3) is 10.9 Å². The highest BCUT2D eigenvalue weighted by Gasteiger charge is 2.07. The third-order valence-corrected chi connectivity index (χ3v) is 4.58. The average molecular weight is 365 g/mol. The van der Waals surface area contributed by atoms with Gasteiger partial charge in [0, 0.05) is 30.2 Å². The zero-order valence-corrected chi connectivity index (χ0v) is 15.3. The van der Waals surface area contributed by atoms with Gasteiger partial charge in [-0.15, -0.1) is 0 Å². The molecule has 0 atom stereocenters. The molecule has 0 unspecified atom stereocenters. The maximum absolute atomic E-state index is 11.5. The van der Waals surface area contributed by atoms with E-state index in [1.807, 2.05) is 42.5 Å². The Balaban J connectivity index is 1.65. The van der Waals surface area contributed by atoms with Gasteiger partial charge in [0.1, 0.15) is 12.1 Å². The number of para-hydroxylation sites is 1. The first-order valence-electron chi connectivity index (χ1n) is 8.21. The molecule has 0 aliphatic carbocycles. The lowest BCUT2D eigenvalue weighted by atomic mass is 10.1. The first kappa shape index (κ1) is 17.9. The maximum atomic E-state index is 11.5. The van der Waals surface area contributed by atoms with E-state index in [1.54, 1.807) is 6.07 Å². The van der Waals surface area contributed by atoms with Crippen molar-refractivity contribution >= 4 is 26.6 Å². The van der Waals surface area contributed by atoms with Gasteiger partial charge in [0.2, 0.25) is 0 Å². The lowest BCUT2D eigenvalue weighted by Gasteiger charge is -2.06. The number of hydrogen-bond acceptors (Lipinski definition) is 5. The van der Waals surface area contributed by atoms with Crippen molar-refractivity contribution in [3.8, 4) is 11.8 Å². The zero-order chi connectivity index (χ0) is 18.4. The van der Waals surface area contributed by atoms with Gasteiger partial charge in [-0.25, -0.2) is 18.4 Å². The predicted molar refractivity (Wildman–Crippen MR) is 105 cm³/mol. The first-order chi connectivity index (χ1) is 12.5. The Bertz CT molecular complexity index is 1080. The number of sulfone groups is 1. The summed E-state index contributed by atoms with van der Waals surface area (Å²) in [4.78, 5) is 8.52. The van der Waals surface area contributed by atoms with Crippen molar-refractivity contribution in [1.29, 1.82) is 0 Å². The van der Waals surface area contributed by atoms with E-state index in [1.165, 1.54) is 12.6 Å². The highest BCUT2D eigenvalue weighted by Crippen LogP contribution is 2.18. The Morgan fingerprint density at radius 2 is 1.81 bits per heavy atom. The van der Waals surface area contributed by atoms with Crippen LogP contribution in [0.15, 0.2) is 54.9 Å². The summed E-state index contributed by atoms with van der Waals surface area (Å²) in [5, 5.41) is 4.25. The molecule has 6 heteroatoms. The van der Waals surface area contributed by atoms with E-state index in [2.05, 4.69) is 27.1 Å². The third-order valence-electron chi connectivity index (χ3n) is 3.74. The molecular formula is C20H19N3O2S. The molecule has 5 nitrogen and oxygen atoms in total. The Morgan fingerprint density at radius 3 is 2.65 bits per heavy atom. The summed E-state index contributed by atoms with van der Waals surface area (Å²) in [7, 11) is -3.09. The largest absolute Gasteiger partial charge is 0.368 e. The van der Waals surface area contributed by atoms with Crippen molar-refractivity contribution in [2.24, 2.45) is 0 Å². The van der Waals surface area contributed by atoms with Crippen LogP contribution in [0.2, 0.25) is 0 Å². The minimum absolute atomic E-state index is 0.00300. The summed E-state index contributed by atoms with van der Waals surface area (Å²) in [6, 6.07) is 15.2. The Kier molecular flexibility index (Phi) is 5.49. The number of anilines is 1. The maximum Gasteiger partial charge on any atom is 0.151 e. The Hall–Kier alpha value is -2.91. The molecule has 2 aromatic carbocycles. The lowest BCUT2D eigenvalue weighted by molar-refractivity contribution is 0.601. The van der Waals surface area contributed by atoms with E-state index in [0.717, 1.165) is 27.8 Å². The molecule has 0 fully saturated rings. The molecule has 0 aliphatic heterocycles. The summed E-state index contributed by atoms with van der Waals surface area (Å²) >= 11 is 0. The molecule has 26 heavy (non-hydrogen) atoms. The van der Waals surface area contributed by atoms with Gasteiger partial charge in [0.15, 0.2) is 9.84 Å². The van der Waals surface area contributed by atoms with Crippen molar-refractivity contribution in [1.82, 2.24) is 9.97 Å². The minimum atomic E-state index is -3.09. The normalized spacial score (nSPS) is 11.0. The van der Waals surface area contributed by atoms with Crippen LogP contribution in [0.3, 0.4) is 0 Å². The number of rotatable bonds is 5. The minimum Gasteiger partial charge on any atom is -0.368 e. The van der Waals surface area contributed by atoms with Crippen molar-refractivity contribution in [3.63, 3.8) is 0 Å². The van der Waals surface area contributed by atoms with Crippen LogP contribution < -0.4 is 5.32 Å². The Labute approximate surface area is 153 Å². The van der Waals surface area contributed by atoms with Crippen molar-refractivity contribution in [3.05, 3.63) is 66.0 Å². The number of nitrogens with zero attached hydrogens (tertiary/aromatic N) is 2. The molecule has 0 aliphatic rings. The molecule has 0 spiro atoms. The molecule has 132 valence electrons. The fraction of sp³-hybridized carbons (Fsp3) is 0.200. The van der Waals surface area contributed by atoms with Gasteiger partial charge in [-0.1, -0.05) is 42.2 Å². The number of benzene rings is 2. The first-order valence-corrected chi connectivity index (χ1v) is 10.3. The van der Waals surface area contributed by atoms with Gasteiger partial charge in [-0.3, -0.25) is 0 Å². The van der Waals surface area contributed by atoms with E-state index >= 15 is 0 Å². The molecule has 0 saturated carbocycles. The summed E-state index contributed by atoms with van der Waals surface area (Å²) < 4.78 is 23.0. The van der Waals surface area contributed by atoms with Gasteiger partial charge in [-0.2, -0.15) is 0 Å². The number of nitrogens with one attached hydrogen (secondary N) is 1. The molecule has 0 bridgehead atoms. The van der Waals surface area contributed by atoms with E-state index in [0.29, 0.717) is 13.0 Å². The third kappa shape index (κ3) is 4.80. The van der Waals surface area contributed by atoms with Crippen LogP contribution in [0.5, 0.6) is 0 Å². The monoisotopic (exact) mass is 365 g/mol. The second-order valence-corrected chi connectivity index (χ2v) is 8.09. The van der Waals surface area contributed by atoms with E-state index in [-0.39, 0.29) is 5.75 Å². The second kappa shape index (κ2) is 7.98. The van der Waals surface area contributed by atoms with Gasteiger partial charge in [0.25, 0.3) is 0 Å². The molecule has 3 aromatic rings. The number of hydrogen-bond donors (Lipinski definition) is 1. The van der Waals surface area contributed by atoms with E-state index in [4.69, 9.17) is 0 Å². The van der Waals surface area contributed by atoms with Crippen LogP contribution in [0.4, 0.5) is 5.82 Å². The summed E-state index contributed by atoms with van der Waals surface area (Å²) in [6.07, 6.45) is 3.39. The SMILES string of the molecule is CS(=O)(=O)Cc1ccccc1C#CCCNc1ncnc2ccccc12. The molecule has 0 radical (unpaired) electrons. The molecule has 1 aromatic heterocycles. The highest BCUT2D eigenvalue weighted by atomic mass is 32.2. The number of fused-ring (bicyclic) bond motifs is 1. The highest BCUT2D eigenvalue weighted by molar-refractivity contribution is 7.89. The standard InChI is InChI=1S/C20H19N3O2S/c1-26(24,25)14-17-10-3-2-8-16(17)9-6-7-13-21-20-18-11-4-5-12-19(18)22-15-23-20/h2-5,8,10-12,15H,7,13-14H2,1H3,(H,21,22,23). The smallest absolute Gasteiger partial charge is 0.151 e. The topological polar surface area (TPSA) is 72.0 Å². The van der Waals surface area contributed by atoms with Gasteiger partial charge in [-0.05, 0) is 23.8 Å². The molecular weight excluding hydrogens is 346 g/mol. The van der Waals surface area contributed by atoms with E-state index in [9.17, 15) is 8.42 Å². The van der Waals surface area contributed by atoms with Crippen molar-refractivity contribution in [2.75, 3.05) is 18.1 Å². The van der Waals surface area contributed by atoms with Crippen molar-refractivity contribution in [2.45, 2.75) is 12.2 Å². The van der Waals surface area contributed by atoms with Crippen molar-refractivity contribution < 1.29 is 8.42 Å². The summed E-state index contributed by atoms with van der Waals surface area (Å²) in [5.74, 6) is 6.96. The predicted octanol–water partition coefficient (Wildman–Crippen LogP) is 3.03. The quantitative estimate of drug-likeness (QED) is 0.556. The molecule has 1 N–H and O–H groups in total. The zero-order valence-electron chi connectivity index (χ0n) is 14.4. The van der Waals surface area contributed by atoms with Crippen LogP contribution in [0, 0.1) is 11.8 Å². The van der Waals surface area contributed by atoms with Crippen LogP contribution in [0.1, 0.15) is 17.5 Å². The van der Waals surface area contributed by atoms with Gasteiger partial charge in [0.05, 0.1) is 11.3 Å². The average Bonchev–Trinajstić information content (AvgIpc) is 2.61. The van der Waals surface area contributed by atoms with Crippen LogP contribution >= 0.6 is 0 Å². The number of aromatic nitrogens is 2. The summed E-state index contributed by atoms with van der Waals surface area (Å²) in [5.41, 5.74) is 2.38. The van der Waals surface area contributed by atoms with Gasteiger partial charge < -0.3 is 5.32 Å². The fourth-order valence-electron chi connectivity index (χ4n) is 2.60.